The molecular weight excluding hydrogens is 288 g/mol. The van der Waals surface area contributed by atoms with Crippen LogP contribution in [0, 0.1) is 19.3 Å². The number of sulfonamides is 1. The van der Waals surface area contributed by atoms with Gasteiger partial charge in [0.1, 0.15) is 4.90 Å². The fourth-order valence-electron chi connectivity index (χ4n) is 2.03. The number of aromatic nitrogens is 2. The van der Waals surface area contributed by atoms with Gasteiger partial charge in [0.25, 0.3) is 0 Å². The van der Waals surface area contributed by atoms with Gasteiger partial charge in [0.05, 0.1) is 17.9 Å². The fourth-order valence-corrected chi connectivity index (χ4v) is 3.72. The standard InChI is InChI=1S/C14H28N4O2S/c1-7-15-8-9-18-12(3)13(11(2)17-18)21(19,20)16-10-14(4,5)6/h15-16H,7-10H2,1-6H3. The molecule has 1 heterocycles. The molecule has 0 saturated heterocycles. The molecule has 0 fully saturated rings. The summed E-state index contributed by atoms with van der Waals surface area (Å²) in [4.78, 5) is 0.309. The van der Waals surface area contributed by atoms with Gasteiger partial charge in [-0.2, -0.15) is 5.10 Å². The summed E-state index contributed by atoms with van der Waals surface area (Å²) >= 11 is 0. The van der Waals surface area contributed by atoms with Crippen LogP contribution in [0.3, 0.4) is 0 Å². The van der Waals surface area contributed by atoms with E-state index < -0.39 is 10.0 Å². The Morgan fingerprint density at radius 2 is 1.86 bits per heavy atom. The molecule has 0 aliphatic rings. The summed E-state index contributed by atoms with van der Waals surface area (Å²) in [7, 11) is -3.52. The first kappa shape index (κ1) is 18.1. The molecule has 0 aliphatic heterocycles. The molecule has 2 N–H and O–H groups in total. The molecule has 0 amide bonds. The number of nitrogens with zero attached hydrogens (tertiary/aromatic N) is 2. The van der Waals surface area contributed by atoms with Crippen molar-refractivity contribution in [2.45, 2.75) is 53.0 Å². The smallest absolute Gasteiger partial charge is 0.244 e. The van der Waals surface area contributed by atoms with Gasteiger partial charge in [0.2, 0.25) is 10.0 Å². The first-order valence-electron chi connectivity index (χ1n) is 7.33. The molecule has 0 aromatic carbocycles. The van der Waals surface area contributed by atoms with Crippen molar-refractivity contribution >= 4 is 10.0 Å². The highest BCUT2D eigenvalue weighted by Gasteiger charge is 2.25. The van der Waals surface area contributed by atoms with Crippen LogP contribution in [0.1, 0.15) is 39.1 Å². The van der Waals surface area contributed by atoms with Crippen LogP contribution in [0.2, 0.25) is 0 Å². The summed E-state index contributed by atoms with van der Waals surface area (Å²) in [5, 5.41) is 7.56. The van der Waals surface area contributed by atoms with Crippen LogP contribution >= 0.6 is 0 Å². The van der Waals surface area contributed by atoms with E-state index in [4.69, 9.17) is 0 Å². The third kappa shape index (κ3) is 5.09. The largest absolute Gasteiger partial charge is 0.315 e. The summed E-state index contributed by atoms with van der Waals surface area (Å²) in [5.41, 5.74) is 1.13. The normalized spacial score (nSPS) is 12.9. The maximum absolute atomic E-state index is 12.5. The molecule has 0 unspecified atom stereocenters. The number of hydrogen-bond donors (Lipinski definition) is 2. The Hall–Kier alpha value is -0.920. The molecule has 1 aromatic heterocycles. The van der Waals surface area contributed by atoms with Crippen molar-refractivity contribution < 1.29 is 8.42 Å². The Morgan fingerprint density at radius 3 is 2.38 bits per heavy atom. The molecule has 1 aromatic rings. The van der Waals surface area contributed by atoms with Crippen LogP contribution < -0.4 is 10.0 Å². The monoisotopic (exact) mass is 316 g/mol. The van der Waals surface area contributed by atoms with E-state index in [1.54, 1.807) is 18.5 Å². The van der Waals surface area contributed by atoms with Crippen molar-refractivity contribution in [1.82, 2.24) is 19.8 Å². The van der Waals surface area contributed by atoms with Crippen LogP contribution in [0.25, 0.3) is 0 Å². The van der Waals surface area contributed by atoms with E-state index in [0.29, 0.717) is 29.4 Å². The fraction of sp³-hybridized carbons (Fsp3) is 0.786. The van der Waals surface area contributed by atoms with Crippen LogP contribution in [0.15, 0.2) is 4.90 Å². The van der Waals surface area contributed by atoms with E-state index in [9.17, 15) is 8.42 Å². The average molecular weight is 316 g/mol. The lowest BCUT2D eigenvalue weighted by molar-refractivity contribution is 0.407. The quantitative estimate of drug-likeness (QED) is 0.746. The van der Waals surface area contributed by atoms with Crippen LogP contribution in [0.4, 0.5) is 0 Å². The minimum absolute atomic E-state index is 0.101. The van der Waals surface area contributed by atoms with Gasteiger partial charge in [-0.1, -0.05) is 27.7 Å². The second kappa shape index (κ2) is 6.89. The minimum Gasteiger partial charge on any atom is -0.315 e. The van der Waals surface area contributed by atoms with Gasteiger partial charge < -0.3 is 5.32 Å². The Morgan fingerprint density at radius 1 is 1.24 bits per heavy atom. The number of nitrogens with one attached hydrogen (secondary N) is 2. The van der Waals surface area contributed by atoms with Gasteiger partial charge >= 0.3 is 0 Å². The molecule has 0 bridgehead atoms. The SMILES string of the molecule is CCNCCn1nc(C)c(S(=O)(=O)NCC(C)(C)C)c1C. The molecular formula is C14H28N4O2S. The van der Waals surface area contributed by atoms with Crippen LogP contribution in [-0.2, 0) is 16.6 Å². The number of rotatable bonds is 7. The van der Waals surface area contributed by atoms with Gasteiger partial charge in [-0.15, -0.1) is 0 Å². The van der Waals surface area contributed by atoms with Crippen molar-refractivity contribution in [2.24, 2.45) is 5.41 Å². The third-order valence-electron chi connectivity index (χ3n) is 3.13. The molecule has 0 saturated carbocycles. The Balaban J connectivity index is 2.96. The zero-order valence-electron chi connectivity index (χ0n) is 13.9. The summed E-state index contributed by atoms with van der Waals surface area (Å²) < 4.78 is 29.4. The highest BCUT2D eigenvalue weighted by molar-refractivity contribution is 7.89. The lowest BCUT2D eigenvalue weighted by Gasteiger charge is -2.18. The topological polar surface area (TPSA) is 76.0 Å². The minimum atomic E-state index is -3.52. The summed E-state index contributed by atoms with van der Waals surface area (Å²) in [5.74, 6) is 0. The van der Waals surface area contributed by atoms with Crippen molar-refractivity contribution in [3.63, 3.8) is 0 Å². The molecule has 0 atom stereocenters. The number of hydrogen-bond acceptors (Lipinski definition) is 4. The van der Waals surface area contributed by atoms with Crippen molar-refractivity contribution in [1.29, 1.82) is 0 Å². The Bertz CT molecular complexity index is 571. The van der Waals surface area contributed by atoms with Crippen molar-refractivity contribution in [3.05, 3.63) is 11.4 Å². The molecule has 21 heavy (non-hydrogen) atoms. The molecule has 0 radical (unpaired) electrons. The van der Waals surface area contributed by atoms with Crippen LogP contribution in [-0.4, -0.2) is 37.8 Å². The predicted molar refractivity (Wildman–Crippen MR) is 84.9 cm³/mol. The second-order valence-corrected chi connectivity index (χ2v) is 8.17. The second-order valence-electron chi connectivity index (χ2n) is 6.46. The average Bonchev–Trinajstić information content (AvgIpc) is 2.62. The van der Waals surface area contributed by atoms with Gasteiger partial charge in [0, 0.05) is 13.1 Å². The van der Waals surface area contributed by atoms with E-state index >= 15 is 0 Å². The summed E-state index contributed by atoms with van der Waals surface area (Å²) in [6.07, 6.45) is 0. The Kier molecular flexibility index (Phi) is 5.95. The molecule has 0 spiro atoms. The first-order chi connectivity index (χ1) is 9.58. The highest BCUT2D eigenvalue weighted by Crippen LogP contribution is 2.20. The zero-order chi connectivity index (χ0) is 16.3. The number of likely N-dealkylation sites (N-methyl/N-ethyl adjacent to an activating group) is 1. The first-order valence-corrected chi connectivity index (χ1v) is 8.81. The van der Waals surface area contributed by atoms with E-state index in [1.807, 2.05) is 27.7 Å². The molecule has 6 nitrogen and oxygen atoms in total. The van der Waals surface area contributed by atoms with Gasteiger partial charge in [0.15, 0.2) is 0 Å². The summed E-state index contributed by atoms with van der Waals surface area (Å²) in [6, 6.07) is 0. The molecule has 1 rings (SSSR count). The van der Waals surface area contributed by atoms with E-state index in [1.165, 1.54) is 0 Å². The van der Waals surface area contributed by atoms with Gasteiger partial charge in [-0.05, 0) is 25.8 Å². The lowest BCUT2D eigenvalue weighted by atomic mass is 9.98. The van der Waals surface area contributed by atoms with E-state index in [2.05, 4.69) is 15.1 Å². The van der Waals surface area contributed by atoms with Crippen molar-refractivity contribution in [3.8, 4) is 0 Å². The predicted octanol–water partition coefficient (Wildman–Crippen LogP) is 1.43. The van der Waals surface area contributed by atoms with E-state index in [-0.39, 0.29) is 5.41 Å². The number of aryl methyl sites for hydroxylation is 1. The molecule has 0 aliphatic carbocycles. The lowest BCUT2D eigenvalue weighted by Crippen LogP contribution is -2.33. The Labute approximate surface area is 128 Å². The zero-order valence-corrected chi connectivity index (χ0v) is 14.8. The maximum Gasteiger partial charge on any atom is 0.244 e. The van der Waals surface area contributed by atoms with Crippen LogP contribution in [0.5, 0.6) is 0 Å². The molecule has 122 valence electrons. The molecule has 7 heteroatoms. The highest BCUT2D eigenvalue weighted by atomic mass is 32.2. The van der Waals surface area contributed by atoms with Gasteiger partial charge in [-0.3, -0.25) is 4.68 Å². The summed E-state index contributed by atoms with van der Waals surface area (Å²) in [6.45, 7) is 14.3. The van der Waals surface area contributed by atoms with Crippen molar-refractivity contribution in [2.75, 3.05) is 19.6 Å². The van der Waals surface area contributed by atoms with Gasteiger partial charge in [-0.25, -0.2) is 13.1 Å². The van der Waals surface area contributed by atoms with E-state index in [0.717, 1.165) is 13.1 Å². The maximum atomic E-state index is 12.5. The third-order valence-corrected chi connectivity index (χ3v) is 4.78.